The molecule has 0 aliphatic heterocycles. The van der Waals surface area contributed by atoms with E-state index < -0.39 is 6.04 Å². The molecule has 1 saturated carbocycles. The fourth-order valence-electron chi connectivity index (χ4n) is 4.25. The number of hydrogen-bond donors (Lipinski definition) is 1. The highest BCUT2D eigenvalue weighted by Gasteiger charge is 2.30. The molecule has 6 nitrogen and oxygen atoms in total. The first-order chi connectivity index (χ1) is 16.4. The average molecular weight is 507 g/mol. The predicted octanol–water partition coefficient (Wildman–Crippen LogP) is 5.64. The Hall–Kier alpha value is -2.44. The van der Waals surface area contributed by atoms with Crippen LogP contribution >= 0.6 is 23.2 Å². The molecule has 184 valence electrons. The monoisotopic (exact) mass is 506 g/mol. The molecular weight excluding hydrogens is 475 g/mol. The molecule has 2 aromatic rings. The molecular formula is C26H32Cl2N2O4. The fourth-order valence-corrected chi connectivity index (χ4v) is 4.71. The number of rotatable bonds is 10. The fraction of sp³-hybridized carbons (Fsp3) is 0.462. The summed E-state index contributed by atoms with van der Waals surface area (Å²) in [4.78, 5) is 28.2. The Kier molecular flexibility index (Phi) is 9.90. The zero-order valence-corrected chi connectivity index (χ0v) is 21.2. The first kappa shape index (κ1) is 26.2. The molecule has 2 amide bonds. The van der Waals surface area contributed by atoms with Crippen LogP contribution in [0.3, 0.4) is 0 Å². The topological polar surface area (TPSA) is 67.9 Å². The van der Waals surface area contributed by atoms with E-state index in [1.54, 1.807) is 30.2 Å². The summed E-state index contributed by atoms with van der Waals surface area (Å²) in [5.41, 5.74) is 0.862. The van der Waals surface area contributed by atoms with E-state index >= 15 is 0 Å². The molecule has 1 fully saturated rings. The van der Waals surface area contributed by atoms with E-state index in [2.05, 4.69) is 5.32 Å². The number of nitrogens with zero attached hydrogens (tertiary/aromatic N) is 1. The molecule has 1 aliphatic carbocycles. The van der Waals surface area contributed by atoms with E-state index in [9.17, 15) is 9.59 Å². The molecule has 0 bridgehead atoms. The third kappa shape index (κ3) is 7.28. The van der Waals surface area contributed by atoms with Crippen LogP contribution in [0.15, 0.2) is 42.5 Å². The minimum absolute atomic E-state index is 0.129. The number of hydrogen-bond acceptors (Lipinski definition) is 4. The summed E-state index contributed by atoms with van der Waals surface area (Å²) in [5.74, 6) is 0.615. The van der Waals surface area contributed by atoms with Crippen LogP contribution in [0.25, 0.3) is 0 Å². The van der Waals surface area contributed by atoms with Gasteiger partial charge in [0.1, 0.15) is 17.5 Å². The molecule has 0 heterocycles. The van der Waals surface area contributed by atoms with E-state index in [0.29, 0.717) is 28.0 Å². The molecule has 0 spiro atoms. The van der Waals surface area contributed by atoms with Gasteiger partial charge in [0.05, 0.1) is 12.1 Å². The summed E-state index contributed by atoms with van der Waals surface area (Å²) in [5, 5.41) is 3.97. The Bertz CT molecular complexity index is 979. The van der Waals surface area contributed by atoms with Gasteiger partial charge in [0.25, 0.3) is 5.91 Å². The van der Waals surface area contributed by atoms with E-state index in [0.717, 1.165) is 31.2 Å². The lowest BCUT2D eigenvalue weighted by Crippen LogP contribution is -2.52. The van der Waals surface area contributed by atoms with Crippen molar-refractivity contribution in [2.45, 2.75) is 64.1 Å². The maximum absolute atomic E-state index is 13.4. The predicted molar refractivity (Wildman–Crippen MR) is 135 cm³/mol. The van der Waals surface area contributed by atoms with E-state index in [4.69, 9.17) is 32.7 Å². The van der Waals surface area contributed by atoms with Gasteiger partial charge in [-0.25, -0.2) is 0 Å². The molecule has 1 N–H and O–H groups in total. The van der Waals surface area contributed by atoms with Crippen LogP contribution in [-0.4, -0.2) is 42.5 Å². The van der Waals surface area contributed by atoms with Gasteiger partial charge in [-0.1, -0.05) is 61.5 Å². The van der Waals surface area contributed by atoms with Crippen LogP contribution in [0, 0.1) is 0 Å². The van der Waals surface area contributed by atoms with Crippen molar-refractivity contribution in [2.24, 2.45) is 0 Å². The van der Waals surface area contributed by atoms with Crippen molar-refractivity contribution < 1.29 is 19.1 Å². The summed E-state index contributed by atoms with van der Waals surface area (Å²) in [7, 11) is 1.60. The quantitative estimate of drug-likeness (QED) is 0.452. The highest BCUT2D eigenvalue weighted by Crippen LogP contribution is 2.28. The molecule has 34 heavy (non-hydrogen) atoms. The minimum atomic E-state index is -0.620. The second-order valence-electron chi connectivity index (χ2n) is 8.50. The van der Waals surface area contributed by atoms with Crippen LogP contribution in [0.5, 0.6) is 11.5 Å². The molecule has 8 heteroatoms. The lowest BCUT2D eigenvalue weighted by Gasteiger charge is -2.32. The number of benzene rings is 2. The van der Waals surface area contributed by atoms with Gasteiger partial charge in [-0.2, -0.15) is 0 Å². The van der Waals surface area contributed by atoms with Crippen molar-refractivity contribution in [3.63, 3.8) is 0 Å². The van der Waals surface area contributed by atoms with Crippen molar-refractivity contribution in [3.8, 4) is 11.5 Å². The second kappa shape index (κ2) is 12.9. The molecule has 0 unspecified atom stereocenters. The maximum Gasteiger partial charge on any atom is 0.261 e. The van der Waals surface area contributed by atoms with Gasteiger partial charge < -0.3 is 19.7 Å². The standard InChI is InChI=1S/C26H32Cl2N2O4/c1-3-23(26(32)29-20-9-5-4-6-10-20)30(16-18-8-7-11-21(14-18)33-2)25(31)17-34-24-13-12-19(27)15-22(24)28/h7-8,11-15,20,23H,3-6,9-10,16-17H2,1-2H3,(H,29,32)/t23-/m1/s1. The molecule has 1 atom stereocenters. The Labute approximate surface area is 211 Å². The molecule has 3 rings (SSSR count). The third-order valence-electron chi connectivity index (χ3n) is 6.07. The third-order valence-corrected chi connectivity index (χ3v) is 6.60. The second-order valence-corrected chi connectivity index (χ2v) is 9.35. The smallest absolute Gasteiger partial charge is 0.261 e. The van der Waals surface area contributed by atoms with Crippen LogP contribution < -0.4 is 14.8 Å². The zero-order valence-electron chi connectivity index (χ0n) is 19.7. The largest absolute Gasteiger partial charge is 0.497 e. The van der Waals surface area contributed by atoms with Crippen LogP contribution in [-0.2, 0) is 16.1 Å². The van der Waals surface area contributed by atoms with E-state index in [-0.39, 0.29) is 31.0 Å². The summed E-state index contributed by atoms with van der Waals surface area (Å²) >= 11 is 12.1. The number of methoxy groups -OCH3 is 1. The first-order valence-electron chi connectivity index (χ1n) is 11.7. The van der Waals surface area contributed by atoms with Gasteiger partial charge in [0.2, 0.25) is 5.91 Å². The zero-order chi connectivity index (χ0) is 24.5. The van der Waals surface area contributed by atoms with Crippen LogP contribution in [0.2, 0.25) is 10.0 Å². The summed E-state index contributed by atoms with van der Waals surface area (Å²) in [6.45, 7) is 1.91. The van der Waals surface area contributed by atoms with Crippen molar-refractivity contribution in [3.05, 3.63) is 58.1 Å². The number of amides is 2. The number of carbonyl (C=O) groups excluding carboxylic acids is 2. The van der Waals surface area contributed by atoms with Gasteiger partial charge in [-0.05, 0) is 55.2 Å². The minimum Gasteiger partial charge on any atom is -0.497 e. The molecule has 0 radical (unpaired) electrons. The van der Waals surface area contributed by atoms with Crippen LogP contribution in [0.4, 0.5) is 0 Å². The summed E-state index contributed by atoms with van der Waals surface area (Å²) < 4.78 is 11.0. The lowest BCUT2D eigenvalue weighted by atomic mass is 9.95. The number of nitrogens with one attached hydrogen (secondary N) is 1. The Balaban J connectivity index is 1.78. The normalized spacial score (nSPS) is 14.8. The molecule has 0 saturated heterocycles. The molecule has 0 aromatic heterocycles. The van der Waals surface area contributed by atoms with Crippen LogP contribution in [0.1, 0.15) is 51.0 Å². The number of halogens is 2. The van der Waals surface area contributed by atoms with E-state index in [1.807, 2.05) is 31.2 Å². The lowest BCUT2D eigenvalue weighted by molar-refractivity contribution is -0.143. The van der Waals surface area contributed by atoms with Gasteiger partial charge in [-0.15, -0.1) is 0 Å². The van der Waals surface area contributed by atoms with Gasteiger partial charge in [0.15, 0.2) is 6.61 Å². The number of carbonyl (C=O) groups is 2. The Morgan fingerprint density at radius 3 is 2.56 bits per heavy atom. The highest BCUT2D eigenvalue weighted by molar-refractivity contribution is 6.35. The van der Waals surface area contributed by atoms with Gasteiger partial charge in [0, 0.05) is 17.6 Å². The van der Waals surface area contributed by atoms with Gasteiger partial charge in [-0.3, -0.25) is 9.59 Å². The molecule has 1 aliphatic rings. The Morgan fingerprint density at radius 1 is 1.12 bits per heavy atom. The summed E-state index contributed by atoms with van der Waals surface area (Å²) in [6, 6.07) is 11.8. The van der Waals surface area contributed by atoms with Crippen molar-refractivity contribution in [1.29, 1.82) is 0 Å². The van der Waals surface area contributed by atoms with Crippen molar-refractivity contribution in [1.82, 2.24) is 10.2 Å². The summed E-state index contributed by atoms with van der Waals surface area (Å²) in [6.07, 6.45) is 5.87. The average Bonchev–Trinajstić information content (AvgIpc) is 2.84. The SMILES string of the molecule is CC[C@H](C(=O)NC1CCCCC1)N(Cc1cccc(OC)c1)C(=O)COc1ccc(Cl)cc1Cl. The molecule has 2 aromatic carbocycles. The maximum atomic E-state index is 13.4. The van der Waals surface area contributed by atoms with Crippen molar-refractivity contribution >= 4 is 35.0 Å². The first-order valence-corrected chi connectivity index (χ1v) is 12.5. The Morgan fingerprint density at radius 2 is 1.88 bits per heavy atom. The van der Waals surface area contributed by atoms with E-state index in [1.165, 1.54) is 6.42 Å². The number of ether oxygens (including phenoxy) is 2. The highest BCUT2D eigenvalue weighted by atomic mass is 35.5. The van der Waals surface area contributed by atoms with Crippen molar-refractivity contribution in [2.75, 3.05) is 13.7 Å². The van der Waals surface area contributed by atoms with Gasteiger partial charge >= 0.3 is 0 Å².